The van der Waals surface area contributed by atoms with E-state index in [2.05, 4.69) is 15.0 Å². The highest BCUT2D eigenvalue weighted by atomic mass is 16.5. The highest BCUT2D eigenvalue weighted by Crippen LogP contribution is 2.22. The third-order valence-corrected chi connectivity index (χ3v) is 3.91. The second-order valence-corrected chi connectivity index (χ2v) is 5.48. The zero-order valence-corrected chi connectivity index (χ0v) is 12.0. The molecule has 0 saturated carbocycles. The number of phenolic OH excluding ortho intramolecular Hbond substituents is 1. The molecule has 1 N–H and O–H groups in total. The van der Waals surface area contributed by atoms with E-state index in [-0.39, 0.29) is 11.9 Å². The van der Waals surface area contributed by atoms with Crippen molar-refractivity contribution < 1.29 is 9.84 Å². The molecule has 4 rings (SSSR count). The van der Waals surface area contributed by atoms with E-state index in [0.717, 1.165) is 42.9 Å². The van der Waals surface area contributed by atoms with E-state index in [9.17, 15) is 5.11 Å². The Morgan fingerprint density at radius 1 is 1.23 bits per heavy atom. The summed E-state index contributed by atoms with van der Waals surface area (Å²) >= 11 is 0. The number of benzene rings is 1. The molecule has 1 fully saturated rings. The van der Waals surface area contributed by atoms with Crippen molar-refractivity contribution in [1.29, 1.82) is 0 Å². The van der Waals surface area contributed by atoms with Gasteiger partial charge in [-0.25, -0.2) is 15.0 Å². The quantitative estimate of drug-likeness (QED) is 0.803. The van der Waals surface area contributed by atoms with Crippen molar-refractivity contribution in [3.63, 3.8) is 0 Å². The lowest BCUT2D eigenvalue weighted by molar-refractivity contribution is 0.0978. The van der Waals surface area contributed by atoms with Gasteiger partial charge >= 0.3 is 0 Å². The molecule has 0 aliphatic carbocycles. The van der Waals surface area contributed by atoms with Gasteiger partial charge in [0.05, 0.1) is 30.9 Å². The average Bonchev–Trinajstić information content (AvgIpc) is 3.18. The van der Waals surface area contributed by atoms with Crippen LogP contribution in [0, 0.1) is 0 Å². The molecule has 0 radical (unpaired) electrons. The van der Waals surface area contributed by atoms with Crippen molar-refractivity contribution in [3.8, 4) is 17.0 Å². The van der Waals surface area contributed by atoms with Gasteiger partial charge in [0.2, 0.25) is 0 Å². The van der Waals surface area contributed by atoms with Gasteiger partial charge in [0, 0.05) is 12.2 Å². The maximum absolute atomic E-state index is 9.38. The van der Waals surface area contributed by atoms with Gasteiger partial charge in [0.15, 0.2) is 11.3 Å². The minimum Gasteiger partial charge on any atom is -0.508 e. The molecular weight excluding hydrogens is 280 g/mol. The van der Waals surface area contributed by atoms with Crippen LogP contribution in [0.1, 0.15) is 12.8 Å². The standard InChI is InChI=1S/C16H16N4O2/c21-12-5-3-11(4-6-12)14-8-17-15-16(19-14)20(10-18-15)9-13-2-1-7-22-13/h3-6,8,10,13,21H,1-2,7,9H2. The summed E-state index contributed by atoms with van der Waals surface area (Å²) in [6, 6.07) is 6.94. The first kappa shape index (κ1) is 13.2. The summed E-state index contributed by atoms with van der Waals surface area (Å²) in [7, 11) is 0. The lowest BCUT2D eigenvalue weighted by Crippen LogP contribution is -2.14. The van der Waals surface area contributed by atoms with E-state index in [1.54, 1.807) is 24.7 Å². The van der Waals surface area contributed by atoms with Crippen LogP contribution in [0.5, 0.6) is 5.75 Å². The monoisotopic (exact) mass is 296 g/mol. The predicted molar refractivity (Wildman–Crippen MR) is 81.4 cm³/mol. The van der Waals surface area contributed by atoms with E-state index in [4.69, 9.17) is 4.74 Å². The number of imidazole rings is 1. The van der Waals surface area contributed by atoms with Crippen LogP contribution in [-0.2, 0) is 11.3 Å². The van der Waals surface area contributed by atoms with Crippen LogP contribution in [0.4, 0.5) is 0 Å². The van der Waals surface area contributed by atoms with Gasteiger partial charge in [0.1, 0.15) is 5.75 Å². The van der Waals surface area contributed by atoms with Crippen LogP contribution in [0.25, 0.3) is 22.6 Å². The molecule has 6 nitrogen and oxygen atoms in total. The van der Waals surface area contributed by atoms with Crippen LogP contribution in [0.3, 0.4) is 0 Å². The number of hydrogen-bond donors (Lipinski definition) is 1. The van der Waals surface area contributed by atoms with Gasteiger partial charge in [-0.2, -0.15) is 0 Å². The maximum Gasteiger partial charge on any atom is 0.197 e. The molecule has 6 heteroatoms. The number of rotatable bonds is 3. The second kappa shape index (κ2) is 5.38. The van der Waals surface area contributed by atoms with E-state index in [0.29, 0.717) is 5.65 Å². The van der Waals surface area contributed by atoms with Gasteiger partial charge < -0.3 is 14.4 Å². The molecule has 3 aromatic rings. The van der Waals surface area contributed by atoms with Crippen LogP contribution < -0.4 is 0 Å². The van der Waals surface area contributed by atoms with Crippen molar-refractivity contribution in [3.05, 3.63) is 36.8 Å². The number of aromatic hydroxyl groups is 1. The first-order valence-corrected chi connectivity index (χ1v) is 7.38. The molecule has 1 aromatic carbocycles. The summed E-state index contributed by atoms with van der Waals surface area (Å²) in [5.41, 5.74) is 3.08. The van der Waals surface area contributed by atoms with Crippen LogP contribution in [-0.4, -0.2) is 37.3 Å². The summed E-state index contributed by atoms with van der Waals surface area (Å²) in [6.45, 7) is 1.59. The highest BCUT2D eigenvalue weighted by molar-refractivity contribution is 5.71. The normalized spacial score (nSPS) is 18.1. The van der Waals surface area contributed by atoms with E-state index in [1.165, 1.54) is 0 Å². The Morgan fingerprint density at radius 3 is 2.86 bits per heavy atom. The molecule has 1 saturated heterocycles. The minimum absolute atomic E-state index is 0.233. The number of hydrogen-bond acceptors (Lipinski definition) is 5. The fourth-order valence-electron chi connectivity index (χ4n) is 2.75. The van der Waals surface area contributed by atoms with E-state index >= 15 is 0 Å². The Labute approximate surface area is 127 Å². The fraction of sp³-hybridized carbons (Fsp3) is 0.312. The second-order valence-electron chi connectivity index (χ2n) is 5.48. The summed E-state index contributed by atoms with van der Waals surface area (Å²) in [4.78, 5) is 13.4. The van der Waals surface area contributed by atoms with Crippen molar-refractivity contribution in [1.82, 2.24) is 19.5 Å². The van der Waals surface area contributed by atoms with Crippen molar-refractivity contribution >= 4 is 11.3 Å². The summed E-state index contributed by atoms with van der Waals surface area (Å²) < 4.78 is 7.68. The molecule has 1 aliphatic rings. The molecular formula is C16H16N4O2. The largest absolute Gasteiger partial charge is 0.508 e. The lowest BCUT2D eigenvalue weighted by Gasteiger charge is -2.10. The van der Waals surface area contributed by atoms with Crippen molar-refractivity contribution in [2.45, 2.75) is 25.5 Å². The predicted octanol–water partition coefficient (Wildman–Crippen LogP) is 2.38. The number of aromatic nitrogens is 4. The summed E-state index contributed by atoms with van der Waals surface area (Å²) in [5, 5.41) is 9.38. The fourth-order valence-corrected chi connectivity index (χ4v) is 2.75. The van der Waals surface area contributed by atoms with Gasteiger partial charge in [-0.3, -0.25) is 0 Å². The first-order valence-electron chi connectivity index (χ1n) is 7.38. The Hall–Kier alpha value is -2.47. The zero-order chi connectivity index (χ0) is 14.9. The molecule has 1 aliphatic heterocycles. The minimum atomic E-state index is 0.233. The Bertz CT molecular complexity index is 792. The molecule has 0 amide bonds. The van der Waals surface area contributed by atoms with E-state index < -0.39 is 0 Å². The molecule has 2 aromatic heterocycles. The molecule has 1 atom stereocenters. The number of ether oxygens (including phenoxy) is 1. The van der Waals surface area contributed by atoms with E-state index in [1.807, 2.05) is 16.7 Å². The van der Waals surface area contributed by atoms with Crippen molar-refractivity contribution in [2.75, 3.05) is 6.61 Å². The lowest BCUT2D eigenvalue weighted by atomic mass is 10.1. The molecule has 22 heavy (non-hydrogen) atoms. The Morgan fingerprint density at radius 2 is 2.09 bits per heavy atom. The summed E-state index contributed by atoms with van der Waals surface area (Å²) in [5.74, 6) is 0.237. The van der Waals surface area contributed by atoms with Crippen LogP contribution >= 0.6 is 0 Å². The average molecular weight is 296 g/mol. The van der Waals surface area contributed by atoms with Gasteiger partial charge in [-0.15, -0.1) is 0 Å². The first-order chi connectivity index (χ1) is 10.8. The third-order valence-electron chi connectivity index (χ3n) is 3.91. The number of nitrogens with zero attached hydrogens (tertiary/aromatic N) is 4. The Kier molecular flexibility index (Phi) is 3.23. The molecule has 0 spiro atoms. The third kappa shape index (κ3) is 2.42. The molecule has 112 valence electrons. The maximum atomic E-state index is 9.38. The number of phenols is 1. The number of fused-ring (bicyclic) bond motifs is 1. The van der Waals surface area contributed by atoms with Crippen molar-refractivity contribution in [2.24, 2.45) is 0 Å². The van der Waals surface area contributed by atoms with Gasteiger partial charge in [-0.05, 0) is 37.1 Å². The smallest absolute Gasteiger partial charge is 0.197 e. The molecule has 3 heterocycles. The van der Waals surface area contributed by atoms with Gasteiger partial charge in [0.25, 0.3) is 0 Å². The summed E-state index contributed by atoms with van der Waals surface area (Å²) in [6.07, 6.45) is 5.90. The SMILES string of the molecule is Oc1ccc(-c2cnc3ncn(CC4CCCO4)c3n2)cc1. The van der Waals surface area contributed by atoms with Crippen LogP contribution in [0.15, 0.2) is 36.8 Å². The Balaban J connectivity index is 1.70. The highest BCUT2D eigenvalue weighted by Gasteiger charge is 2.18. The molecule has 0 bridgehead atoms. The topological polar surface area (TPSA) is 73.1 Å². The zero-order valence-electron chi connectivity index (χ0n) is 12.0. The van der Waals surface area contributed by atoms with Gasteiger partial charge in [-0.1, -0.05) is 0 Å². The van der Waals surface area contributed by atoms with Crippen LogP contribution in [0.2, 0.25) is 0 Å². The molecule has 1 unspecified atom stereocenters.